The van der Waals surface area contributed by atoms with Gasteiger partial charge < -0.3 is 10.1 Å². The molecule has 1 atom stereocenters. The van der Waals surface area contributed by atoms with Crippen molar-refractivity contribution >= 4 is 5.97 Å². The molecule has 1 aromatic rings. The van der Waals surface area contributed by atoms with Crippen molar-refractivity contribution < 1.29 is 9.53 Å². The molecule has 96 valence electrons. The molecule has 0 spiro atoms. The van der Waals surface area contributed by atoms with Gasteiger partial charge >= 0.3 is 5.97 Å². The Hall–Kier alpha value is -1.86. The highest BCUT2D eigenvalue weighted by Crippen LogP contribution is 2.12. The number of hydrogen-bond acceptors (Lipinski definition) is 4. The summed E-state index contributed by atoms with van der Waals surface area (Å²) in [6.45, 7) is 3.26. The lowest BCUT2D eigenvalue weighted by Gasteiger charge is -2.10. The molecule has 0 amide bonds. The number of carbonyl (C=O) groups is 1. The first-order valence-corrected chi connectivity index (χ1v) is 6.08. The number of rotatable bonds is 7. The minimum atomic E-state index is -0.210. The monoisotopic (exact) mass is 246 g/mol. The molecule has 0 fully saturated rings. The maximum atomic E-state index is 11.1. The Bertz CT molecular complexity index is 398. The van der Waals surface area contributed by atoms with Crippen LogP contribution in [0.3, 0.4) is 0 Å². The van der Waals surface area contributed by atoms with E-state index < -0.39 is 0 Å². The predicted octanol–water partition coefficient (Wildman–Crippen LogP) is 1.84. The van der Waals surface area contributed by atoms with Crippen molar-refractivity contribution in [3.8, 4) is 6.07 Å². The van der Waals surface area contributed by atoms with Crippen LogP contribution in [0.2, 0.25) is 0 Å². The van der Waals surface area contributed by atoms with E-state index in [0.717, 1.165) is 5.56 Å². The maximum absolute atomic E-state index is 11.1. The van der Waals surface area contributed by atoms with Gasteiger partial charge in [0.15, 0.2) is 0 Å². The number of nitrogens with one attached hydrogen (secondary N) is 1. The average Bonchev–Trinajstić information content (AvgIpc) is 2.40. The Balaban J connectivity index is 2.29. The second-order valence-corrected chi connectivity index (χ2v) is 3.85. The van der Waals surface area contributed by atoms with Gasteiger partial charge in [-0.2, -0.15) is 5.26 Å². The zero-order valence-corrected chi connectivity index (χ0v) is 10.6. The molecular weight excluding hydrogens is 228 g/mol. The molecule has 0 aliphatic rings. The molecule has 1 unspecified atom stereocenters. The SMILES string of the molecule is CCOC(=O)CCNCC(C#N)c1ccccc1. The number of esters is 1. The van der Waals surface area contributed by atoms with E-state index in [4.69, 9.17) is 10.00 Å². The Morgan fingerprint density at radius 3 is 2.78 bits per heavy atom. The van der Waals surface area contributed by atoms with E-state index in [1.165, 1.54) is 0 Å². The average molecular weight is 246 g/mol. The molecule has 1 rings (SSSR count). The van der Waals surface area contributed by atoms with Gasteiger partial charge in [0.05, 0.1) is 25.0 Å². The molecule has 0 aliphatic heterocycles. The van der Waals surface area contributed by atoms with E-state index >= 15 is 0 Å². The number of benzene rings is 1. The van der Waals surface area contributed by atoms with Crippen LogP contribution in [-0.2, 0) is 9.53 Å². The summed E-state index contributed by atoms with van der Waals surface area (Å²) in [5, 5.41) is 12.2. The number of ether oxygens (including phenoxy) is 1. The Morgan fingerprint density at radius 2 is 2.17 bits per heavy atom. The number of hydrogen-bond donors (Lipinski definition) is 1. The van der Waals surface area contributed by atoms with Crippen molar-refractivity contribution in [1.82, 2.24) is 5.32 Å². The summed E-state index contributed by atoms with van der Waals surface area (Å²) in [7, 11) is 0. The zero-order valence-electron chi connectivity index (χ0n) is 10.6. The lowest BCUT2D eigenvalue weighted by molar-refractivity contribution is -0.142. The Labute approximate surface area is 108 Å². The van der Waals surface area contributed by atoms with Crippen LogP contribution in [0, 0.1) is 11.3 Å². The summed E-state index contributed by atoms with van der Waals surface area (Å²) in [5.41, 5.74) is 0.989. The van der Waals surface area contributed by atoms with Crippen molar-refractivity contribution in [1.29, 1.82) is 5.26 Å². The van der Waals surface area contributed by atoms with Crippen LogP contribution in [-0.4, -0.2) is 25.7 Å². The number of carbonyl (C=O) groups excluding carboxylic acids is 1. The van der Waals surface area contributed by atoms with Crippen LogP contribution in [0.5, 0.6) is 0 Å². The van der Waals surface area contributed by atoms with Crippen LogP contribution in [0.15, 0.2) is 30.3 Å². The Morgan fingerprint density at radius 1 is 1.44 bits per heavy atom. The molecule has 1 aromatic carbocycles. The highest BCUT2D eigenvalue weighted by Gasteiger charge is 2.09. The molecule has 0 aromatic heterocycles. The van der Waals surface area contributed by atoms with E-state index in [2.05, 4.69) is 11.4 Å². The molecule has 0 aliphatic carbocycles. The molecule has 0 bridgehead atoms. The normalized spacial score (nSPS) is 11.6. The van der Waals surface area contributed by atoms with Crippen molar-refractivity contribution in [3.05, 3.63) is 35.9 Å². The second-order valence-electron chi connectivity index (χ2n) is 3.85. The molecule has 4 nitrogen and oxygen atoms in total. The van der Waals surface area contributed by atoms with Gasteiger partial charge in [0.25, 0.3) is 0 Å². The van der Waals surface area contributed by atoms with Gasteiger partial charge in [-0.3, -0.25) is 4.79 Å². The lowest BCUT2D eigenvalue weighted by Crippen LogP contribution is -2.24. The number of nitriles is 1. The first-order valence-electron chi connectivity index (χ1n) is 6.08. The van der Waals surface area contributed by atoms with E-state index in [9.17, 15) is 4.79 Å². The third-order valence-corrected chi connectivity index (χ3v) is 2.52. The third kappa shape index (κ3) is 4.98. The number of nitrogens with zero attached hydrogens (tertiary/aromatic N) is 1. The van der Waals surface area contributed by atoms with E-state index in [1.807, 2.05) is 30.3 Å². The van der Waals surface area contributed by atoms with Gasteiger partial charge in [-0.25, -0.2) is 0 Å². The molecule has 18 heavy (non-hydrogen) atoms. The fraction of sp³-hybridized carbons (Fsp3) is 0.429. The summed E-state index contributed by atoms with van der Waals surface area (Å²) in [4.78, 5) is 11.1. The highest BCUT2D eigenvalue weighted by atomic mass is 16.5. The summed E-state index contributed by atoms with van der Waals surface area (Å²) < 4.78 is 4.82. The standard InChI is InChI=1S/C14H18N2O2/c1-2-18-14(17)8-9-16-11-13(10-15)12-6-4-3-5-7-12/h3-7,13,16H,2,8-9,11H2,1H3. The zero-order chi connectivity index (χ0) is 13.2. The summed E-state index contributed by atoms with van der Waals surface area (Å²) in [6, 6.07) is 11.9. The van der Waals surface area contributed by atoms with Crippen LogP contribution < -0.4 is 5.32 Å². The van der Waals surface area contributed by atoms with Crippen LogP contribution in [0.25, 0.3) is 0 Å². The van der Waals surface area contributed by atoms with Crippen molar-refractivity contribution in [3.63, 3.8) is 0 Å². The maximum Gasteiger partial charge on any atom is 0.307 e. The van der Waals surface area contributed by atoms with Crippen LogP contribution in [0.1, 0.15) is 24.8 Å². The third-order valence-electron chi connectivity index (χ3n) is 2.52. The minimum absolute atomic E-state index is 0.187. The van der Waals surface area contributed by atoms with Gasteiger partial charge in [-0.15, -0.1) is 0 Å². The minimum Gasteiger partial charge on any atom is -0.466 e. The molecule has 0 saturated heterocycles. The molecule has 1 N–H and O–H groups in total. The molecular formula is C14H18N2O2. The predicted molar refractivity (Wildman–Crippen MR) is 68.9 cm³/mol. The highest BCUT2D eigenvalue weighted by molar-refractivity contribution is 5.69. The molecule has 0 heterocycles. The first kappa shape index (κ1) is 14.2. The van der Waals surface area contributed by atoms with Crippen molar-refractivity contribution in [2.45, 2.75) is 19.3 Å². The van der Waals surface area contributed by atoms with Gasteiger partial charge in [0.1, 0.15) is 0 Å². The van der Waals surface area contributed by atoms with Crippen LogP contribution in [0.4, 0.5) is 0 Å². The lowest BCUT2D eigenvalue weighted by atomic mass is 10.0. The topological polar surface area (TPSA) is 62.1 Å². The molecule has 0 saturated carbocycles. The fourth-order valence-electron chi connectivity index (χ4n) is 1.59. The van der Waals surface area contributed by atoms with Crippen molar-refractivity contribution in [2.75, 3.05) is 19.7 Å². The second kappa shape index (κ2) is 8.26. The van der Waals surface area contributed by atoms with Gasteiger partial charge in [-0.05, 0) is 12.5 Å². The van der Waals surface area contributed by atoms with E-state index in [1.54, 1.807) is 6.92 Å². The molecule has 0 radical (unpaired) electrons. The van der Waals surface area contributed by atoms with Gasteiger partial charge in [0.2, 0.25) is 0 Å². The van der Waals surface area contributed by atoms with E-state index in [0.29, 0.717) is 26.1 Å². The van der Waals surface area contributed by atoms with Crippen molar-refractivity contribution in [2.24, 2.45) is 0 Å². The van der Waals surface area contributed by atoms with Crippen LogP contribution >= 0.6 is 0 Å². The Kier molecular flexibility index (Phi) is 6.52. The summed E-state index contributed by atoms with van der Waals surface area (Å²) in [6.07, 6.45) is 0.334. The largest absolute Gasteiger partial charge is 0.466 e. The summed E-state index contributed by atoms with van der Waals surface area (Å²) in [5.74, 6) is -0.397. The van der Waals surface area contributed by atoms with Gasteiger partial charge in [0, 0.05) is 13.1 Å². The smallest absolute Gasteiger partial charge is 0.307 e. The fourth-order valence-corrected chi connectivity index (χ4v) is 1.59. The quantitative estimate of drug-likeness (QED) is 0.589. The van der Waals surface area contributed by atoms with Gasteiger partial charge in [-0.1, -0.05) is 30.3 Å². The summed E-state index contributed by atoms with van der Waals surface area (Å²) >= 11 is 0. The van der Waals surface area contributed by atoms with E-state index in [-0.39, 0.29) is 11.9 Å². The molecule has 4 heteroatoms. The first-order chi connectivity index (χ1) is 8.77.